The van der Waals surface area contributed by atoms with Gasteiger partial charge in [-0.2, -0.15) is 0 Å². The molecule has 1 N–H and O–H groups in total. The van der Waals surface area contributed by atoms with Crippen molar-refractivity contribution in [3.05, 3.63) is 26.5 Å². The predicted molar refractivity (Wildman–Crippen MR) is 47.9 cm³/mol. The van der Waals surface area contributed by atoms with E-state index in [0.29, 0.717) is 10.7 Å². The number of aliphatic hydroxyl groups excluding tert-OH is 1. The molecule has 0 saturated carbocycles. The fourth-order valence-corrected chi connectivity index (χ4v) is 1.55. The zero-order chi connectivity index (χ0) is 7.56. The normalized spacial score (nSPS) is 9.90. The van der Waals surface area contributed by atoms with Crippen LogP contribution in [0.4, 0.5) is 0 Å². The molecule has 0 aliphatic rings. The fraction of sp³-hybridized carbons (Fsp3) is 0.167. The van der Waals surface area contributed by atoms with E-state index in [1.165, 1.54) is 0 Å². The molecule has 1 aromatic rings. The first-order valence-electron chi connectivity index (χ1n) is 2.65. The number of hydrogen-bond donors (Lipinski definition) is 1. The van der Waals surface area contributed by atoms with Gasteiger partial charge in [-0.25, -0.2) is 4.98 Å². The second kappa shape index (κ2) is 3.50. The lowest BCUT2D eigenvalue weighted by Crippen LogP contribution is -1.91. The average molecular weight is 269 g/mol. The summed E-state index contributed by atoms with van der Waals surface area (Å²) >= 11 is 7.76. The Morgan fingerprint density at radius 2 is 2.40 bits per heavy atom. The molecule has 0 fully saturated rings. The molecule has 0 radical (unpaired) electrons. The number of rotatable bonds is 1. The van der Waals surface area contributed by atoms with Crippen LogP contribution in [0.25, 0.3) is 0 Å². The molecule has 0 aromatic carbocycles. The number of hydrogen-bond acceptors (Lipinski definition) is 2. The van der Waals surface area contributed by atoms with E-state index in [1.807, 2.05) is 0 Å². The molecule has 1 aromatic heterocycles. The molecule has 4 heteroatoms. The zero-order valence-corrected chi connectivity index (χ0v) is 7.93. The number of aromatic nitrogens is 1. The number of pyridine rings is 1. The van der Waals surface area contributed by atoms with E-state index in [0.717, 1.165) is 3.57 Å². The van der Waals surface area contributed by atoms with Crippen molar-refractivity contribution < 1.29 is 5.11 Å². The van der Waals surface area contributed by atoms with Gasteiger partial charge in [0.15, 0.2) is 0 Å². The Morgan fingerprint density at radius 1 is 1.70 bits per heavy atom. The monoisotopic (exact) mass is 269 g/mol. The highest BCUT2D eigenvalue weighted by Gasteiger charge is 2.02. The summed E-state index contributed by atoms with van der Waals surface area (Å²) in [4.78, 5) is 3.81. The molecule has 0 amide bonds. The molecule has 0 aliphatic heterocycles. The minimum atomic E-state index is -0.0506. The van der Waals surface area contributed by atoms with Crippen LogP contribution in [-0.2, 0) is 6.61 Å². The molecule has 1 rings (SSSR count). The van der Waals surface area contributed by atoms with Gasteiger partial charge in [0.1, 0.15) is 5.15 Å². The Balaban J connectivity index is 3.17. The van der Waals surface area contributed by atoms with Crippen LogP contribution in [0.3, 0.4) is 0 Å². The van der Waals surface area contributed by atoms with E-state index in [1.54, 1.807) is 12.3 Å². The van der Waals surface area contributed by atoms with Gasteiger partial charge in [-0.1, -0.05) is 11.6 Å². The first kappa shape index (κ1) is 8.23. The van der Waals surface area contributed by atoms with Crippen LogP contribution in [0.15, 0.2) is 12.3 Å². The molecule has 0 bridgehead atoms. The van der Waals surface area contributed by atoms with Crippen molar-refractivity contribution in [1.29, 1.82) is 0 Å². The topological polar surface area (TPSA) is 33.1 Å². The Kier molecular flexibility index (Phi) is 2.88. The zero-order valence-electron chi connectivity index (χ0n) is 5.01. The predicted octanol–water partition coefficient (Wildman–Crippen LogP) is 1.83. The van der Waals surface area contributed by atoms with Crippen molar-refractivity contribution in [2.75, 3.05) is 0 Å². The summed E-state index contributed by atoms with van der Waals surface area (Å²) in [6.07, 6.45) is 1.61. The summed E-state index contributed by atoms with van der Waals surface area (Å²) in [6, 6.07) is 1.80. The van der Waals surface area contributed by atoms with E-state index in [2.05, 4.69) is 27.6 Å². The second-order valence-corrected chi connectivity index (χ2v) is 3.24. The van der Waals surface area contributed by atoms with Gasteiger partial charge in [0, 0.05) is 15.3 Å². The Labute approximate surface area is 77.4 Å². The molecule has 10 heavy (non-hydrogen) atoms. The maximum absolute atomic E-state index is 8.77. The van der Waals surface area contributed by atoms with Crippen LogP contribution < -0.4 is 0 Å². The van der Waals surface area contributed by atoms with Gasteiger partial charge in [0.05, 0.1) is 6.61 Å². The number of nitrogens with zero attached hydrogens (tertiary/aromatic N) is 1. The highest BCUT2D eigenvalue weighted by molar-refractivity contribution is 14.1. The molecule has 0 atom stereocenters. The summed E-state index contributed by atoms with van der Waals surface area (Å²) in [7, 11) is 0. The maximum atomic E-state index is 8.77. The Morgan fingerprint density at radius 3 is 2.80 bits per heavy atom. The molecule has 0 spiro atoms. The van der Waals surface area contributed by atoms with Crippen molar-refractivity contribution in [3.8, 4) is 0 Å². The Hall–Kier alpha value is 0.130. The third-order valence-electron chi connectivity index (χ3n) is 1.10. The van der Waals surface area contributed by atoms with Gasteiger partial charge in [0.25, 0.3) is 0 Å². The van der Waals surface area contributed by atoms with Crippen LogP contribution >= 0.6 is 34.2 Å². The first-order chi connectivity index (χ1) is 4.75. The average Bonchev–Trinajstić information content (AvgIpc) is 1.88. The van der Waals surface area contributed by atoms with E-state index in [9.17, 15) is 0 Å². The van der Waals surface area contributed by atoms with Crippen LogP contribution in [0.1, 0.15) is 5.56 Å². The van der Waals surface area contributed by atoms with Crippen LogP contribution in [0.2, 0.25) is 5.15 Å². The summed E-state index contributed by atoms with van der Waals surface area (Å²) in [5.41, 5.74) is 0.699. The van der Waals surface area contributed by atoms with Gasteiger partial charge in [-0.15, -0.1) is 0 Å². The van der Waals surface area contributed by atoms with Crippen molar-refractivity contribution >= 4 is 34.2 Å². The molecule has 2 nitrogen and oxygen atoms in total. The van der Waals surface area contributed by atoms with E-state index in [4.69, 9.17) is 16.7 Å². The third-order valence-corrected chi connectivity index (χ3v) is 2.44. The lowest BCUT2D eigenvalue weighted by Gasteiger charge is -1.99. The van der Waals surface area contributed by atoms with Gasteiger partial charge in [0.2, 0.25) is 0 Å². The van der Waals surface area contributed by atoms with Gasteiger partial charge in [-0.05, 0) is 28.7 Å². The van der Waals surface area contributed by atoms with Crippen LogP contribution in [0.5, 0.6) is 0 Å². The maximum Gasteiger partial charge on any atom is 0.135 e. The third kappa shape index (κ3) is 1.59. The second-order valence-electron chi connectivity index (χ2n) is 1.72. The largest absolute Gasteiger partial charge is 0.392 e. The minimum absolute atomic E-state index is 0.0506. The van der Waals surface area contributed by atoms with Gasteiger partial charge < -0.3 is 5.11 Å². The summed E-state index contributed by atoms with van der Waals surface area (Å²) < 4.78 is 0.945. The smallest absolute Gasteiger partial charge is 0.135 e. The number of halogens is 2. The van der Waals surface area contributed by atoms with E-state index >= 15 is 0 Å². The highest BCUT2D eigenvalue weighted by atomic mass is 127. The molecular formula is C6H5ClINO. The lowest BCUT2D eigenvalue weighted by molar-refractivity contribution is 0.280. The Bertz CT molecular complexity index is 221. The van der Waals surface area contributed by atoms with Crippen molar-refractivity contribution in [2.24, 2.45) is 0 Å². The molecule has 0 aliphatic carbocycles. The molecule has 0 saturated heterocycles. The quantitative estimate of drug-likeness (QED) is 0.623. The summed E-state index contributed by atoms with van der Waals surface area (Å²) in [5, 5.41) is 9.15. The SMILES string of the molecule is OCc1c(I)ccnc1Cl. The van der Waals surface area contributed by atoms with Crippen molar-refractivity contribution in [2.45, 2.75) is 6.61 Å². The standard InChI is InChI=1S/C6H5ClINO/c7-6-4(3-10)5(8)1-2-9-6/h1-2,10H,3H2. The minimum Gasteiger partial charge on any atom is -0.392 e. The lowest BCUT2D eigenvalue weighted by atomic mass is 10.3. The summed E-state index contributed by atoms with van der Waals surface area (Å²) in [6.45, 7) is -0.0506. The first-order valence-corrected chi connectivity index (χ1v) is 4.11. The molecule has 1 heterocycles. The molecular weight excluding hydrogens is 264 g/mol. The van der Waals surface area contributed by atoms with E-state index in [-0.39, 0.29) is 6.61 Å². The number of aliphatic hydroxyl groups is 1. The van der Waals surface area contributed by atoms with Gasteiger partial charge >= 0.3 is 0 Å². The van der Waals surface area contributed by atoms with Crippen LogP contribution in [0, 0.1) is 3.57 Å². The van der Waals surface area contributed by atoms with E-state index < -0.39 is 0 Å². The highest BCUT2D eigenvalue weighted by Crippen LogP contribution is 2.18. The fourth-order valence-electron chi connectivity index (χ4n) is 0.586. The van der Waals surface area contributed by atoms with Crippen LogP contribution in [-0.4, -0.2) is 10.1 Å². The van der Waals surface area contributed by atoms with Crippen molar-refractivity contribution in [3.63, 3.8) is 0 Å². The summed E-state index contributed by atoms with van der Waals surface area (Å²) in [5.74, 6) is 0. The van der Waals surface area contributed by atoms with Crippen molar-refractivity contribution in [1.82, 2.24) is 4.98 Å². The van der Waals surface area contributed by atoms with Gasteiger partial charge in [-0.3, -0.25) is 0 Å². The molecule has 54 valence electrons. The molecule has 0 unspecified atom stereocenters.